The van der Waals surface area contributed by atoms with Gasteiger partial charge in [0.15, 0.2) is 5.69 Å². The number of aromatic nitrogens is 2. The van der Waals surface area contributed by atoms with Crippen molar-refractivity contribution >= 4 is 17.8 Å². The van der Waals surface area contributed by atoms with Crippen molar-refractivity contribution in [1.82, 2.24) is 20.0 Å². The van der Waals surface area contributed by atoms with E-state index in [1.54, 1.807) is 20.3 Å². The number of rotatable bonds is 14. The van der Waals surface area contributed by atoms with E-state index in [9.17, 15) is 14.4 Å². The number of nitrogens with one attached hydrogen (secondary N) is 1. The van der Waals surface area contributed by atoms with Crippen LogP contribution in [0.4, 0.5) is 0 Å². The highest BCUT2D eigenvalue weighted by Gasteiger charge is 2.29. The first-order valence-corrected chi connectivity index (χ1v) is 13.0. The van der Waals surface area contributed by atoms with Crippen molar-refractivity contribution in [2.24, 2.45) is 11.8 Å². The molecule has 1 aromatic carbocycles. The minimum Gasteiger partial charge on any atom is -0.496 e. The molecule has 38 heavy (non-hydrogen) atoms. The molecule has 1 aromatic heterocycles. The Morgan fingerprint density at radius 1 is 1.05 bits per heavy atom. The van der Waals surface area contributed by atoms with Gasteiger partial charge in [0, 0.05) is 13.6 Å². The van der Waals surface area contributed by atoms with Gasteiger partial charge in [0.1, 0.15) is 24.1 Å². The van der Waals surface area contributed by atoms with Gasteiger partial charge < -0.3 is 24.4 Å². The van der Waals surface area contributed by atoms with Crippen molar-refractivity contribution in [3.8, 4) is 22.8 Å². The number of amides is 2. The zero-order chi connectivity index (χ0) is 28.4. The molecular weight excluding hydrogens is 488 g/mol. The Morgan fingerprint density at radius 3 is 2.16 bits per heavy atom. The van der Waals surface area contributed by atoms with Crippen LogP contribution in [0, 0.1) is 11.8 Å². The smallest absolute Gasteiger partial charge is 0.325 e. The lowest BCUT2D eigenvalue weighted by atomic mass is 10.0. The molecule has 0 aliphatic carbocycles. The topological polar surface area (TPSA) is 112 Å². The van der Waals surface area contributed by atoms with E-state index in [1.807, 2.05) is 36.7 Å². The van der Waals surface area contributed by atoms with Gasteiger partial charge in [0.05, 0.1) is 32.6 Å². The molecule has 0 saturated carbocycles. The van der Waals surface area contributed by atoms with Crippen LogP contribution in [0.25, 0.3) is 11.3 Å². The zero-order valence-corrected chi connectivity index (χ0v) is 23.9. The van der Waals surface area contributed by atoms with Crippen LogP contribution in [0.15, 0.2) is 24.3 Å². The number of likely N-dealkylation sites (N-methyl/N-ethyl adjacent to an activating group) is 1. The Morgan fingerprint density at radius 2 is 1.66 bits per heavy atom. The molecule has 2 aromatic rings. The highest BCUT2D eigenvalue weighted by atomic mass is 16.5. The fourth-order valence-corrected chi connectivity index (χ4v) is 4.29. The summed E-state index contributed by atoms with van der Waals surface area (Å²) in [5, 5.41) is 7.51. The molecule has 2 rings (SSSR count). The second kappa shape index (κ2) is 14.4. The van der Waals surface area contributed by atoms with E-state index in [0.29, 0.717) is 41.6 Å². The summed E-state index contributed by atoms with van der Waals surface area (Å²) in [7, 11) is 5.94. The number of methoxy groups -OCH3 is 3. The standard InChI is InChI=1S/C28H42N4O6/c1-9-19(10-2)16-32-22(26-23(36-6)12-11-13-24(26)37-7)15-20(30-32)27(34)29-21(14-18(3)4)28(35)31(5)17-25(33)38-8/h11-13,15,18-19,21H,9-10,14,16-17H2,1-8H3,(H,29,34)/t21-/m0/s1. The molecule has 10 nitrogen and oxygen atoms in total. The highest BCUT2D eigenvalue weighted by Crippen LogP contribution is 2.39. The van der Waals surface area contributed by atoms with E-state index >= 15 is 0 Å². The van der Waals surface area contributed by atoms with Gasteiger partial charge in [0.25, 0.3) is 5.91 Å². The number of benzene rings is 1. The molecule has 0 unspecified atom stereocenters. The first kappa shape index (κ1) is 30.7. The van der Waals surface area contributed by atoms with Gasteiger partial charge in [-0.15, -0.1) is 0 Å². The number of nitrogens with zero attached hydrogens (tertiary/aromatic N) is 3. The molecule has 10 heteroatoms. The SMILES string of the molecule is CCC(CC)Cn1nc(C(=O)N[C@@H](CC(C)C)C(=O)N(C)CC(=O)OC)cc1-c1c(OC)cccc1OC. The lowest BCUT2D eigenvalue weighted by molar-refractivity contribution is -0.146. The van der Waals surface area contributed by atoms with Crippen molar-refractivity contribution in [1.29, 1.82) is 0 Å². The molecular formula is C28H42N4O6. The average Bonchev–Trinajstić information content (AvgIpc) is 3.33. The van der Waals surface area contributed by atoms with E-state index in [2.05, 4.69) is 29.0 Å². The lowest BCUT2D eigenvalue weighted by Gasteiger charge is -2.24. The summed E-state index contributed by atoms with van der Waals surface area (Å²) in [6.07, 6.45) is 2.31. The Bertz CT molecular complexity index is 1070. The summed E-state index contributed by atoms with van der Waals surface area (Å²) in [5.74, 6) is 0.281. The van der Waals surface area contributed by atoms with E-state index in [-0.39, 0.29) is 24.1 Å². The van der Waals surface area contributed by atoms with Gasteiger partial charge in [0.2, 0.25) is 5.91 Å². The quantitative estimate of drug-likeness (QED) is 0.370. The predicted molar refractivity (Wildman–Crippen MR) is 145 cm³/mol. The first-order valence-electron chi connectivity index (χ1n) is 13.0. The third-order valence-electron chi connectivity index (χ3n) is 6.56. The third-order valence-corrected chi connectivity index (χ3v) is 6.56. The largest absolute Gasteiger partial charge is 0.496 e. The fraction of sp³-hybridized carbons (Fsp3) is 0.571. The first-order chi connectivity index (χ1) is 18.1. The normalized spacial score (nSPS) is 11.8. The molecule has 0 radical (unpaired) electrons. The maximum absolute atomic E-state index is 13.5. The van der Waals surface area contributed by atoms with Crippen molar-refractivity contribution in [2.75, 3.05) is 34.9 Å². The monoisotopic (exact) mass is 530 g/mol. The summed E-state index contributed by atoms with van der Waals surface area (Å²) in [6, 6.07) is 6.38. The number of ether oxygens (including phenoxy) is 3. The number of carbonyl (C=O) groups is 3. The minimum absolute atomic E-state index is 0.122. The van der Waals surface area contributed by atoms with Crippen LogP contribution in [-0.2, 0) is 20.9 Å². The Labute approximate surface area is 225 Å². The zero-order valence-electron chi connectivity index (χ0n) is 23.9. The van der Waals surface area contributed by atoms with E-state index in [4.69, 9.17) is 9.47 Å². The molecule has 1 atom stereocenters. The number of esters is 1. The van der Waals surface area contributed by atoms with Crippen LogP contribution in [-0.4, -0.2) is 73.4 Å². The van der Waals surface area contributed by atoms with Gasteiger partial charge >= 0.3 is 5.97 Å². The maximum Gasteiger partial charge on any atom is 0.325 e. The van der Waals surface area contributed by atoms with Gasteiger partial charge in [-0.25, -0.2) is 0 Å². The molecule has 1 N–H and O–H groups in total. The average molecular weight is 531 g/mol. The molecule has 0 aliphatic rings. The molecule has 0 aliphatic heterocycles. The van der Waals surface area contributed by atoms with Gasteiger partial charge in [-0.2, -0.15) is 5.10 Å². The number of carbonyl (C=O) groups excluding carboxylic acids is 3. The Balaban J connectivity index is 2.49. The summed E-state index contributed by atoms with van der Waals surface area (Å²) in [6.45, 7) is 8.57. The number of hydrogen-bond donors (Lipinski definition) is 1. The van der Waals surface area contributed by atoms with Crippen LogP contribution in [0.1, 0.15) is 57.4 Å². The van der Waals surface area contributed by atoms with Crippen LogP contribution < -0.4 is 14.8 Å². The minimum atomic E-state index is -0.828. The number of hydrogen-bond acceptors (Lipinski definition) is 7. The molecule has 210 valence electrons. The van der Waals surface area contributed by atoms with Gasteiger partial charge in [-0.1, -0.05) is 46.6 Å². The predicted octanol–water partition coefficient (Wildman–Crippen LogP) is 3.78. The van der Waals surface area contributed by atoms with E-state index in [1.165, 1.54) is 19.1 Å². The molecule has 0 fully saturated rings. The maximum atomic E-state index is 13.5. The fourth-order valence-electron chi connectivity index (χ4n) is 4.29. The molecule has 1 heterocycles. The summed E-state index contributed by atoms with van der Waals surface area (Å²) in [4.78, 5) is 39.5. The van der Waals surface area contributed by atoms with Crippen molar-refractivity contribution in [3.05, 3.63) is 30.0 Å². The van der Waals surface area contributed by atoms with Crippen molar-refractivity contribution in [2.45, 2.75) is 59.5 Å². The van der Waals surface area contributed by atoms with Crippen LogP contribution in [0.5, 0.6) is 11.5 Å². The Hall–Kier alpha value is -3.56. The summed E-state index contributed by atoms with van der Waals surface area (Å²) >= 11 is 0. The summed E-state index contributed by atoms with van der Waals surface area (Å²) in [5.41, 5.74) is 1.56. The van der Waals surface area contributed by atoms with Gasteiger partial charge in [-0.3, -0.25) is 19.1 Å². The Kier molecular flexibility index (Phi) is 11.6. The van der Waals surface area contributed by atoms with Gasteiger partial charge in [-0.05, 0) is 36.5 Å². The molecule has 0 spiro atoms. The lowest BCUT2D eigenvalue weighted by Crippen LogP contribution is -2.49. The molecule has 0 bridgehead atoms. The third kappa shape index (κ3) is 7.72. The molecule has 2 amide bonds. The van der Waals surface area contributed by atoms with Crippen LogP contribution in [0.3, 0.4) is 0 Å². The van der Waals surface area contributed by atoms with E-state index < -0.39 is 17.9 Å². The summed E-state index contributed by atoms with van der Waals surface area (Å²) < 4.78 is 17.7. The second-order valence-corrected chi connectivity index (χ2v) is 9.74. The van der Waals surface area contributed by atoms with E-state index in [0.717, 1.165) is 12.8 Å². The van der Waals surface area contributed by atoms with Crippen LogP contribution >= 0.6 is 0 Å². The second-order valence-electron chi connectivity index (χ2n) is 9.74. The highest BCUT2D eigenvalue weighted by molar-refractivity contribution is 5.97. The van der Waals surface area contributed by atoms with Crippen molar-refractivity contribution in [3.63, 3.8) is 0 Å². The van der Waals surface area contributed by atoms with Crippen LogP contribution in [0.2, 0.25) is 0 Å². The van der Waals surface area contributed by atoms with Crippen molar-refractivity contribution < 1.29 is 28.6 Å². The molecule has 0 saturated heterocycles.